The smallest absolute Gasteiger partial charge is 0.198 e. The van der Waals surface area contributed by atoms with Gasteiger partial charge in [-0.3, -0.25) is 9.59 Å². The molecule has 0 N–H and O–H groups in total. The van der Waals surface area contributed by atoms with E-state index in [-0.39, 0.29) is 11.6 Å². The summed E-state index contributed by atoms with van der Waals surface area (Å²) in [6.07, 6.45) is 1.61. The van der Waals surface area contributed by atoms with Crippen molar-refractivity contribution in [3.8, 4) is 5.75 Å². The topological polar surface area (TPSA) is 43.4 Å². The Labute approximate surface area is 122 Å². The molecule has 0 fully saturated rings. The minimum atomic E-state index is -0.164. The van der Waals surface area contributed by atoms with Crippen LogP contribution in [-0.2, 0) is 0 Å². The summed E-state index contributed by atoms with van der Waals surface area (Å²) in [5.74, 6) is 0.146. The number of ether oxygens (including phenoxy) is 1. The number of fused-ring (bicyclic) bond motifs is 2. The van der Waals surface area contributed by atoms with Gasteiger partial charge in [0.15, 0.2) is 11.6 Å². The van der Waals surface area contributed by atoms with Crippen molar-refractivity contribution in [2.24, 2.45) is 0 Å². The van der Waals surface area contributed by atoms with Crippen LogP contribution in [0.2, 0.25) is 0 Å². The molecule has 3 nitrogen and oxygen atoms in total. The second kappa shape index (κ2) is 5.02. The number of aryl methyl sites for hydroxylation is 1. The van der Waals surface area contributed by atoms with Gasteiger partial charge in [-0.1, -0.05) is 43.0 Å². The van der Waals surface area contributed by atoms with E-state index in [9.17, 15) is 9.59 Å². The molecule has 0 unspecified atom stereocenters. The Hall–Kier alpha value is -2.68. The fourth-order valence-corrected chi connectivity index (χ4v) is 2.62. The average Bonchev–Trinajstić information content (AvgIpc) is 2.51. The molecule has 0 aromatic heterocycles. The van der Waals surface area contributed by atoms with E-state index in [1.54, 1.807) is 42.5 Å². The molecule has 0 amide bonds. The Morgan fingerprint density at radius 2 is 1.62 bits per heavy atom. The van der Waals surface area contributed by atoms with E-state index in [0.29, 0.717) is 34.6 Å². The van der Waals surface area contributed by atoms with Crippen LogP contribution in [0, 0.1) is 6.92 Å². The Kier molecular flexibility index (Phi) is 3.18. The van der Waals surface area contributed by atoms with Gasteiger partial charge in [-0.15, -0.1) is 0 Å². The lowest BCUT2D eigenvalue weighted by molar-refractivity contribution is 0.0975. The van der Waals surface area contributed by atoms with Crippen molar-refractivity contribution in [3.05, 3.63) is 76.9 Å². The minimum Gasteiger partial charge on any atom is -0.489 e. The van der Waals surface area contributed by atoms with E-state index in [0.717, 1.165) is 5.56 Å². The third-order valence-corrected chi connectivity index (χ3v) is 3.60. The second-order valence-electron chi connectivity index (χ2n) is 4.93. The standard InChI is InChI=1S/C18H14O3/c1-3-10-21-14-9-8-11(2)15-16(14)18(20)13-7-5-4-6-12(13)17(15)19/h3-9H,1,10H2,2H3. The molecule has 1 aliphatic rings. The Morgan fingerprint density at radius 1 is 1.00 bits per heavy atom. The lowest BCUT2D eigenvalue weighted by atomic mass is 9.81. The zero-order valence-corrected chi connectivity index (χ0v) is 11.7. The first-order valence-electron chi connectivity index (χ1n) is 6.71. The van der Waals surface area contributed by atoms with Gasteiger partial charge in [0.05, 0.1) is 5.56 Å². The van der Waals surface area contributed by atoms with Crippen LogP contribution in [0.15, 0.2) is 49.1 Å². The molecule has 2 aromatic rings. The van der Waals surface area contributed by atoms with E-state index in [2.05, 4.69) is 6.58 Å². The molecule has 0 atom stereocenters. The number of carbonyl (C=O) groups is 2. The summed E-state index contributed by atoms with van der Waals surface area (Å²) in [4.78, 5) is 25.4. The van der Waals surface area contributed by atoms with Crippen molar-refractivity contribution in [2.75, 3.05) is 6.61 Å². The summed E-state index contributed by atoms with van der Waals surface area (Å²) in [5, 5.41) is 0. The number of rotatable bonds is 3. The van der Waals surface area contributed by atoms with Gasteiger partial charge in [0.25, 0.3) is 0 Å². The first-order valence-corrected chi connectivity index (χ1v) is 6.71. The van der Waals surface area contributed by atoms with Crippen LogP contribution in [0.1, 0.15) is 37.4 Å². The Balaban J connectivity index is 2.26. The van der Waals surface area contributed by atoms with Crippen LogP contribution in [0.4, 0.5) is 0 Å². The summed E-state index contributed by atoms with van der Waals surface area (Å²) < 4.78 is 5.55. The predicted octanol–water partition coefficient (Wildman–Crippen LogP) is 3.34. The zero-order chi connectivity index (χ0) is 15.0. The first kappa shape index (κ1) is 13.3. The van der Waals surface area contributed by atoms with Crippen molar-refractivity contribution in [3.63, 3.8) is 0 Å². The van der Waals surface area contributed by atoms with Crippen molar-refractivity contribution >= 4 is 11.6 Å². The number of carbonyl (C=O) groups excluding carboxylic acids is 2. The van der Waals surface area contributed by atoms with Gasteiger partial charge in [0.2, 0.25) is 0 Å². The maximum absolute atomic E-state index is 12.7. The molecule has 0 bridgehead atoms. The zero-order valence-electron chi connectivity index (χ0n) is 11.7. The molecule has 3 rings (SSSR count). The summed E-state index contributed by atoms with van der Waals surface area (Å²) in [5.41, 5.74) is 2.48. The first-order chi connectivity index (χ1) is 10.1. The van der Waals surface area contributed by atoms with Crippen LogP contribution in [0.3, 0.4) is 0 Å². The fraction of sp³-hybridized carbons (Fsp3) is 0.111. The third kappa shape index (κ3) is 1.98. The van der Waals surface area contributed by atoms with Crippen LogP contribution < -0.4 is 4.74 Å². The van der Waals surface area contributed by atoms with Gasteiger partial charge in [-0.2, -0.15) is 0 Å². The summed E-state index contributed by atoms with van der Waals surface area (Å²) in [6.45, 7) is 5.72. The monoisotopic (exact) mass is 278 g/mol. The lowest BCUT2D eigenvalue weighted by Crippen LogP contribution is -2.23. The van der Waals surface area contributed by atoms with Crippen LogP contribution in [0.5, 0.6) is 5.75 Å². The normalized spacial score (nSPS) is 12.6. The third-order valence-electron chi connectivity index (χ3n) is 3.60. The van der Waals surface area contributed by atoms with E-state index < -0.39 is 0 Å². The fourth-order valence-electron chi connectivity index (χ4n) is 2.62. The van der Waals surface area contributed by atoms with Crippen LogP contribution in [-0.4, -0.2) is 18.2 Å². The van der Waals surface area contributed by atoms with E-state index in [1.165, 1.54) is 0 Å². The Bertz CT molecular complexity index is 772. The van der Waals surface area contributed by atoms with Crippen LogP contribution in [0.25, 0.3) is 0 Å². The summed E-state index contributed by atoms with van der Waals surface area (Å²) >= 11 is 0. The number of hydrogen-bond donors (Lipinski definition) is 0. The molecule has 1 aliphatic carbocycles. The van der Waals surface area contributed by atoms with E-state index in [1.807, 2.05) is 6.92 Å². The lowest BCUT2D eigenvalue weighted by Gasteiger charge is -2.21. The molecule has 3 heteroatoms. The SMILES string of the molecule is C=CCOc1ccc(C)c2c1C(=O)c1ccccc1C2=O. The van der Waals surface area contributed by atoms with Crippen LogP contribution >= 0.6 is 0 Å². The maximum atomic E-state index is 12.7. The highest BCUT2D eigenvalue weighted by Crippen LogP contribution is 2.35. The highest BCUT2D eigenvalue weighted by molar-refractivity contribution is 6.29. The average molecular weight is 278 g/mol. The molecule has 0 heterocycles. The van der Waals surface area contributed by atoms with E-state index >= 15 is 0 Å². The molecule has 21 heavy (non-hydrogen) atoms. The van der Waals surface area contributed by atoms with Crippen molar-refractivity contribution in [1.29, 1.82) is 0 Å². The van der Waals surface area contributed by atoms with Gasteiger partial charge < -0.3 is 4.74 Å². The Morgan fingerprint density at radius 3 is 2.24 bits per heavy atom. The molecular weight excluding hydrogens is 264 g/mol. The molecule has 0 radical (unpaired) electrons. The van der Waals surface area contributed by atoms with Crippen molar-refractivity contribution in [2.45, 2.75) is 6.92 Å². The highest BCUT2D eigenvalue weighted by atomic mass is 16.5. The largest absolute Gasteiger partial charge is 0.489 e. The number of hydrogen-bond acceptors (Lipinski definition) is 3. The minimum absolute atomic E-state index is 0.123. The van der Waals surface area contributed by atoms with Gasteiger partial charge in [0, 0.05) is 16.7 Å². The van der Waals surface area contributed by atoms with Crippen molar-refractivity contribution in [1.82, 2.24) is 0 Å². The molecule has 0 saturated carbocycles. The number of benzene rings is 2. The molecule has 104 valence electrons. The molecule has 0 spiro atoms. The molecular formula is C18H14O3. The molecule has 0 aliphatic heterocycles. The molecule has 0 saturated heterocycles. The quantitative estimate of drug-likeness (QED) is 0.690. The molecule has 2 aromatic carbocycles. The summed E-state index contributed by atoms with van der Waals surface area (Å²) in [7, 11) is 0. The second-order valence-corrected chi connectivity index (χ2v) is 4.93. The van der Waals surface area contributed by atoms with Crippen molar-refractivity contribution < 1.29 is 14.3 Å². The predicted molar refractivity (Wildman–Crippen MR) is 80.2 cm³/mol. The van der Waals surface area contributed by atoms with Gasteiger partial charge >= 0.3 is 0 Å². The van der Waals surface area contributed by atoms with Gasteiger partial charge in [-0.25, -0.2) is 0 Å². The van der Waals surface area contributed by atoms with E-state index in [4.69, 9.17) is 4.74 Å². The summed E-state index contributed by atoms with van der Waals surface area (Å²) in [6, 6.07) is 10.4. The van der Waals surface area contributed by atoms with Gasteiger partial charge in [-0.05, 0) is 18.6 Å². The van der Waals surface area contributed by atoms with Gasteiger partial charge in [0.1, 0.15) is 12.4 Å². The number of ketones is 2. The maximum Gasteiger partial charge on any atom is 0.198 e. The highest BCUT2D eigenvalue weighted by Gasteiger charge is 2.33.